The molecule has 1 aromatic heterocycles. The van der Waals surface area contributed by atoms with Gasteiger partial charge in [0.1, 0.15) is 0 Å². The number of hydrogen-bond acceptors (Lipinski definition) is 2. The van der Waals surface area contributed by atoms with Crippen LogP contribution in [0, 0.1) is 0 Å². The fourth-order valence-corrected chi connectivity index (χ4v) is 3.90. The predicted molar refractivity (Wildman–Crippen MR) is 106 cm³/mol. The van der Waals surface area contributed by atoms with Crippen molar-refractivity contribution in [3.05, 3.63) is 66.4 Å². The van der Waals surface area contributed by atoms with Crippen molar-refractivity contribution in [2.45, 2.75) is 38.1 Å². The number of nitrogens with zero attached hydrogens (tertiary/aromatic N) is 2. The molecule has 0 N–H and O–H groups in total. The minimum absolute atomic E-state index is 0.118. The Labute approximate surface area is 154 Å². The number of para-hydroxylation sites is 1. The Bertz CT molecular complexity index is 928. The van der Waals surface area contributed by atoms with Crippen molar-refractivity contribution >= 4 is 16.8 Å². The number of pyridine rings is 1. The lowest BCUT2D eigenvalue weighted by Crippen LogP contribution is -2.38. The number of hydrogen-bond donors (Lipinski definition) is 0. The van der Waals surface area contributed by atoms with E-state index < -0.39 is 0 Å². The highest BCUT2D eigenvalue weighted by atomic mass is 16.2. The second kappa shape index (κ2) is 7.28. The van der Waals surface area contributed by atoms with E-state index in [1.807, 2.05) is 60.6 Å². The van der Waals surface area contributed by atoms with Gasteiger partial charge in [0.25, 0.3) is 5.91 Å². The first-order valence-corrected chi connectivity index (χ1v) is 9.45. The van der Waals surface area contributed by atoms with Crippen LogP contribution in [0.2, 0.25) is 0 Å². The Morgan fingerprint density at radius 2 is 1.77 bits per heavy atom. The van der Waals surface area contributed by atoms with Gasteiger partial charge in [0.05, 0.1) is 5.52 Å². The molecule has 0 unspecified atom stereocenters. The molecular weight excluding hydrogens is 320 g/mol. The summed E-state index contributed by atoms with van der Waals surface area (Å²) in [6.07, 6.45) is 7.88. The first-order chi connectivity index (χ1) is 12.7. The van der Waals surface area contributed by atoms with Gasteiger partial charge >= 0.3 is 0 Å². The van der Waals surface area contributed by atoms with Gasteiger partial charge in [-0.15, -0.1) is 0 Å². The van der Waals surface area contributed by atoms with E-state index in [0.29, 0.717) is 6.04 Å². The normalized spacial score (nSPS) is 15.1. The molecule has 3 aromatic rings. The highest BCUT2D eigenvalue weighted by molar-refractivity contribution is 5.96. The van der Waals surface area contributed by atoms with Crippen molar-refractivity contribution in [2.75, 3.05) is 7.05 Å². The number of benzene rings is 2. The molecule has 132 valence electrons. The van der Waals surface area contributed by atoms with Crippen LogP contribution < -0.4 is 0 Å². The maximum Gasteiger partial charge on any atom is 0.253 e. The number of carbonyl (C=O) groups is 1. The molecule has 0 spiro atoms. The molecular formula is C23H24N2O. The Kier molecular flexibility index (Phi) is 4.70. The molecule has 3 heteroatoms. The van der Waals surface area contributed by atoms with E-state index in [1.165, 1.54) is 19.3 Å². The zero-order valence-electron chi connectivity index (χ0n) is 15.2. The number of rotatable bonds is 3. The highest BCUT2D eigenvalue weighted by Crippen LogP contribution is 2.26. The molecule has 0 aliphatic heterocycles. The van der Waals surface area contributed by atoms with E-state index in [2.05, 4.69) is 17.1 Å². The smallest absolute Gasteiger partial charge is 0.253 e. The SMILES string of the molecule is CN(C(=O)c1cccc(-c2cnc3ccccc3c2)c1)C1CCCCC1. The Hall–Kier alpha value is -2.68. The molecule has 1 saturated carbocycles. The molecule has 2 aromatic carbocycles. The van der Waals surface area contributed by atoms with E-state index in [-0.39, 0.29) is 5.91 Å². The van der Waals surface area contributed by atoms with Crippen molar-refractivity contribution < 1.29 is 4.79 Å². The van der Waals surface area contributed by atoms with Gasteiger partial charge in [-0.3, -0.25) is 9.78 Å². The van der Waals surface area contributed by atoms with E-state index in [9.17, 15) is 4.79 Å². The van der Waals surface area contributed by atoms with Crippen LogP contribution >= 0.6 is 0 Å². The molecule has 1 heterocycles. The molecule has 26 heavy (non-hydrogen) atoms. The highest BCUT2D eigenvalue weighted by Gasteiger charge is 2.23. The maximum atomic E-state index is 13.0. The van der Waals surface area contributed by atoms with Gasteiger partial charge in [-0.2, -0.15) is 0 Å². The average molecular weight is 344 g/mol. The lowest BCUT2D eigenvalue weighted by Gasteiger charge is -2.31. The summed E-state index contributed by atoms with van der Waals surface area (Å²) in [5.74, 6) is 0.118. The fraction of sp³-hybridized carbons (Fsp3) is 0.304. The molecule has 0 radical (unpaired) electrons. The van der Waals surface area contributed by atoms with Gasteiger partial charge in [-0.05, 0) is 42.7 Å². The summed E-state index contributed by atoms with van der Waals surface area (Å²) in [5, 5.41) is 1.11. The summed E-state index contributed by atoms with van der Waals surface area (Å²) in [6.45, 7) is 0. The topological polar surface area (TPSA) is 33.2 Å². The van der Waals surface area contributed by atoms with Gasteiger partial charge < -0.3 is 4.90 Å². The number of aromatic nitrogens is 1. The van der Waals surface area contributed by atoms with E-state index in [0.717, 1.165) is 40.4 Å². The number of carbonyl (C=O) groups excluding carboxylic acids is 1. The Morgan fingerprint density at radius 3 is 2.62 bits per heavy atom. The van der Waals surface area contributed by atoms with Gasteiger partial charge in [0.15, 0.2) is 0 Å². The second-order valence-corrected chi connectivity index (χ2v) is 7.21. The van der Waals surface area contributed by atoms with E-state index in [4.69, 9.17) is 0 Å². The first kappa shape index (κ1) is 16.8. The largest absolute Gasteiger partial charge is 0.339 e. The van der Waals surface area contributed by atoms with Crippen LogP contribution in [0.4, 0.5) is 0 Å². The second-order valence-electron chi connectivity index (χ2n) is 7.21. The summed E-state index contributed by atoms with van der Waals surface area (Å²) in [7, 11) is 1.95. The minimum Gasteiger partial charge on any atom is -0.339 e. The van der Waals surface area contributed by atoms with Crippen molar-refractivity contribution in [3.63, 3.8) is 0 Å². The Balaban J connectivity index is 1.61. The Morgan fingerprint density at radius 1 is 0.962 bits per heavy atom. The quantitative estimate of drug-likeness (QED) is 0.645. The standard InChI is InChI=1S/C23H24N2O/c1-25(21-11-3-2-4-12-21)23(26)19-10-7-9-17(14-19)20-15-18-8-5-6-13-22(18)24-16-20/h5-10,13-16,21H,2-4,11-12H2,1H3. The summed E-state index contributed by atoms with van der Waals surface area (Å²) >= 11 is 0. The molecule has 0 atom stereocenters. The monoisotopic (exact) mass is 344 g/mol. The van der Waals surface area contributed by atoms with Crippen LogP contribution in [-0.4, -0.2) is 28.9 Å². The van der Waals surface area contributed by atoms with Gasteiger partial charge in [0, 0.05) is 35.8 Å². The van der Waals surface area contributed by atoms with Gasteiger partial charge in [-0.1, -0.05) is 49.6 Å². The van der Waals surface area contributed by atoms with Crippen molar-refractivity contribution in [2.24, 2.45) is 0 Å². The summed E-state index contributed by atoms with van der Waals surface area (Å²) in [6, 6.07) is 18.5. The van der Waals surface area contributed by atoms with Gasteiger partial charge in [0.2, 0.25) is 0 Å². The lowest BCUT2D eigenvalue weighted by molar-refractivity contribution is 0.0696. The van der Waals surface area contributed by atoms with Crippen LogP contribution in [0.15, 0.2) is 60.8 Å². The van der Waals surface area contributed by atoms with Crippen LogP contribution in [0.25, 0.3) is 22.0 Å². The number of fused-ring (bicyclic) bond motifs is 1. The summed E-state index contributed by atoms with van der Waals surface area (Å²) in [4.78, 5) is 19.4. The van der Waals surface area contributed by atoms with E-state index in [1.54, 1.807) is 0 Å². The molecule has 1 aliphatic rings. The van der Waals surface area contributed by atoms with Gasteiger partial charge in [-0.25, -0.2) is 0 Å². The molecule has 1 amide bonds. The molecule has 1 fully saturated rings. The average Bonchev–Trinajstić information content (AvgIpc) is 2.73. The third kappa shape index (κ3) is 3.34. The third-order valence-corrected chi connectivity index (χ3v) is 5.48. The molecule has 4 rings (SSSR count). The molecule has 0 bridgehead atoms. The lowest BCUT2D eigenvalue weighted by atomic mass is 9.94. The van der Waals surface area contributed by atoms with Crippen LogP contribution in [0.1, 0.15) is 42.5 Å². The summed E-state index contributed by atoms with van der Waals surface area (Å²) < 4.78 is 0. The van der Waals surface area contributed by atoms with Crippen LogP contribution in [-0.2, 0) is 0 Å². The molecule has 1 aliphatic carbocycles. The zero-order chi connectivity index (χ0) is 17.9. The fourth-order valence-electron chi connectivity index (χ4n) is 3.90. The predicted octanol–water partition coefficient (Wildman–Crippen LogP) is 5.31. The maximum absolute atomic E-state index is 13.0. The third-order valence-electron chi connectivity index (χ3n) is 5.48. The van der Waals surface area contributed by atoms with Crippen molar-refractivity contribution in [3.8, 4) is 11.1 Å². The van der Waals surface area contributed by atoms with Crippen molar-refractivity contribution in [1.29, 1.82) is 0 Å². The van der Waals surface area contributed by atoms with Crippen molar-refractivity contribution in [1.82, 2.24) is 9.88 Å². The van der Waals surface area contributed by atoms with Crippen LogP contribution in [0.5, 0.6) is 0 Å². The zero-order valence-corrected chi connectivity index (χ0v) is 15.2. The molecule has 0 saturated heterocycles. The number of amides is 1. The molecule has 3 nitrogen and oxygen atoms in total. The van der Waals surface area contributed by atoms with E-state index >= 15 is 0 Å². The summed E-state index contributed by atoms with van der Waals surface area (Å²) in [5.41, 5.74) is 3.81. The first-order valence-electron chi connectivity index (χ1n) is 9.45. The minimum atomic E-state index is 0.118. The van der Waals surface area contributed by atoms with Crippen LogP contribution in [0.3, 0.4) is 0 Å².